The van der Waals surface area contributed by atoms with Crippen molar-refractivity contribution < 1.29 is 51.6 Å². The van der Waals surface area contributed by atoms with Crippen molar-refractivity contribution in [2.45, 2.75) is 123 Å². The molecular formula is C34H55N2O11Si. The predicted molar refractivity (Wildman–Crippen MR) is 177 cm³/mol. The van der Waals surface area contributed by atoms with Crippen molar-refractivity contribution in [2.75, 3.05) is 39.5 Å². The summed E-state index contributed by atoms with van der Waals surface area (Å²) in [5.41, 5.74) is -0.481. The SMILES string of the molecule is CCO[Si](CCNC(=O)NCCC(C)(C)OCCC(C)(C)C(=O)OCC1OC(c2ccccc2)OC2C3OC(C)(C)O[C@H]3O[C@H]12)OCC. The number of hydrogen-bond acceptors (Lipinski definition) is 11. The number of ether oxygens (including phenoxy) is 7. The van der Waals surface area contributed by atoms with Gasteiger partial charge in [-0.15, -0.1) is 0 Å². The number of benzene rings is 1. The lowest BCUT2D eigenvalue weighted by Gasteiger charge is -2.39. The average molecular weight is 696 g/mol. The van der Waals surface area contributed by atoms with Gasteiger partial charge in [0.2, 0.25) is 0 Å². The molecule has 1 aromatic carbocycles. The predicted octanol–water partition coefficient (Wildman–Crippen LogP) is 4.35. The van der Waals surface area contributed by atoms with Crippen LogP contribution in [0.25, 0.3) is 0 Å². The first-order valence-electron chi connectivity index (χ1n) is 17.0. The molecule has 271 valence electrons. The van der Waals surface area contributed by atoms with Gasteiger partial charge < -0.3 is 52.6 Å². The smallest absolute Gasteiger partial charge is 0.386 e. The Morgan fingerprint density at radius 2 is 1.56 bits per heavy atom. The molecule has 48 heavy (non-hydrogen) atoms. The first-order chi connectivity index (χ1) is 22.7. The topological polar surface area (TPSA) is 141 Å². The summed E-state index contributed by atoms with van der Waals surface area (Å²) < 4.78 is 54.1. The van der Waals surface area contributed by atoms with Crippen LogP contribution in [0.5, 0.6) is 0 Å². The summed E-state index contributed by atoms with van der Waals surface area (Å²) in [6.07, 6.45) is -2.26. The molecular weight excluding hydrogens is 640 g/mol. The van der Waals surface area contributed by atoms with Gasteiger partial charge in [-0.2, -0.15) is 0 Å². The molecule has 3 saturated heterocycles. The molecule has 2 N–H and O–H groups in total. The Kier molecular flexibility index (Phi) is 13.8. The Morgan fingerprint density at radius 3 is 2.25 bits per heavy atom. The average Bonchev–Trinajstić information content (AvgIpc) is 3.51. The van der Waals surface area contributed by atoms with Crippen molar-refractivity contribution in [3.05, 3.63) is 35.9 Å². The van der Waals surface area contributed by atoms with E-state index in [1.165, 1.54) is 0 Å². The molecule has 0 spiro atoms. The summed E-state index contributed by atoms with van der Waals surface area (Å²) in [6.45, 7) is 17.6. The number of carbonyl (C=O) groups is 2. The molecule has 2 amide bonds. The molecule has 4 rings (SSSR count). The van der Waals surface area contributed by atoms with Crippen molar-refractivity contribution >= 4 is 21.3 Å². The lowest BCUT2D eigenvalue weighted by Crippen LogP contribution is -2.51. The molecule has 1 aromatic rings. The number of hydrogen-bond donors (Lipinski definition) is 2. The second-order valence-corrected chi connectivity index (χ2v) is 15.7. The number of amides is 2. The van der Waals surface area contributed by atoms with E-state index in [4.69, 9.17) is 42.0 Å². The minimum Gasteiger partial charge on any atom is -0.462 e. The molecule has 1 radical (unpaired) electrons. The second kappa shape index (κ2) is 17.2. The fraction of sp³-hybridized carbons (Fsp3) is 0.765. The van der Waals surface area contributed by atoms with Crippen LogP contribution in [0.15, 0.2) is 30.3 Å². The summed E-state index contributed by atoms with van der Waals surface area (Å²) in [6, 6.07) is 10.0. The molecule has 3 heterocycles. The van der Waals surface area contributed by atoms with Crippen molar-refractivity contribution in [3.8, 4) is 0 Å². The summed E-state index contributed by atoms with van der Waals surface area (Å²) in [4.78, 5) is 25.5. The summed E-state index contributed by atoms with van der Waals surface area (Å²) in [5, 5.41) is 5.72. The van der Waals surface area contributed by atoms with Gasteiger partial charge >= 0.3 is 21.3 Å². The molecule has 14 heteroatoms. The van der Waals surface area contributed by atoms with Gasteiger partial charge in [-0.05, 0) is 68.2 Å². The summed E-state index contributed by atoms with van der Waals surface area (Å²) >= 11 is 0. The third-order valence-corrected chi connectivity index (χ3v) is 10.3. The normalized spacial score (nSPS) is 26.6. The van der Waals surface area contributed by atoms with Crippen molar-refractivity contribution in [2.24, 2.45) is 5.41 Å². The van der Waals surface area contributed by atoms with Crippen LogP contribution in [0.2, 0.25) is 6.04 Å². The number of fused-ring (bicyclic) bond motifs is 3. The van der Waals surface area contributed by atoms with Crippen LogP contribution in [0, 0.1) is 5.41 Å². The van der Waals surface area contributed by atoms with Crippen LogP contribution in [0.4, 0.5) is 4.79 Å². The maximum atomic E-state index is 13.3. The highest BCUT2D eigenvalue weighted by molar-refractivity contribution is 6.44. The second-order valence-electron chi connectivity index (χ2n) is 13.8. The van der Waals surface area contributed by atoms with E-state index >= 15 is 0 Å². The van der Waals surface area contributed by atoms with E-state index in [2.05, 4.69) is 10.6 Å². The number of urea groups is 1. The zero-order chi connectivity index (χ0) is 35.0. The van der Waals surface area contributed by atoms with Crippen LogP contribution >= 0.6 is 0 Å². The van der Waals surface area contributed by atoms with E-state index < -0.39 is 63.1 Å². The molecule has 0 bridgehead atoms. The van der Waals surface area contributed by atoms with Gasteiger partial charge in [0.1, 0.15) is 31.0 Å². The summed E-state index contributed by atoms with van der Waals surface area (Å²) in [7, 11) is -1.37. The minimum absolute atomic E-state index is 0.0153. The molecule has 3 aliphatic rings. The maximum absolute atomic E-state index is 13.3. The van der Waals surface area contributed by atoms with Crippen molar-refractivity contribution in [1.82, 2.24) is 10.6 Å². The Morgan fingerprint density at radius 1 is 0.875 bits per heavy atom. The Hall–Kier alpha value is -2.14. The molecule has 4 unspecified atom stereocenters. The molecule has 0 aromatic heterocycles. The minimum atomic E-state index is -1.37. The lowest BCUT2D eigenvalue weighted by atomic mass is 9.90. The van der Waals surface area contributed by atoms with E-state index in [0.717, 1.165) is 5.56 Å². The van der Waals surface area contributed by atoms with Gasteiger partial charge in [-0.25, -0.2) is 4.79 Å². The monoisotopic (exact) mass is 695 g/mol. The van der Waals surface area contributed by atoms with Gasteiger partial charge in [0.25, 0.3) is 0 Å². The highest BCUT2D eigenvalue weighted by atomic mass is 28.3. The zero-order valence-corrected chi connectivity index (χ0v) is 30.7. The largest absolute Gasteiger partial charge is 0.462 e. The van der Waals surface area contributed by atoms with Crippen LogP contribution in [-0.2, 0) is 46.8 Å². The van der Waals surface area contributed by atoms with Crippen LogP contribution in [0.3, 0.4) is 0 Å². The summed E-state index contributed by atoms with van der Waals surface area (Å²) in [5.74, 6) is -1.16. The maximum Gasteiger partial charge on any atom is 0.386 e. The first kappa shape index (κ1) is 38.7. The van der Waals surface area contributed by atoms with E-state index in [1.54, 1.807) is 0 Å². The zero-order valence-electron chi connectivity index (χ0n) is 29.7. The van der Waals surface area contributed by atoms with Crippen LogP contribution < -0.4 is 10.6 Å². The number of rotatable bonds is 18. The molecule has 3 aliphatic heterocycles. The molecule has 0 saturated carbocycles. The molecule has 0 aliphatic carbocycles. The van der Waals surface area contributed by atoms with Crippen molar-refractivity contribution in [1.29, 1.82) is 0 Å². The highest BCUT2D eigenvalue weighted by Gasteiger charge is 2.60. The lowest BCUT2D eigenvalue weighted by molar-refractivity contribution is -0.314. The van der Waals surface area contributed by atoms with Gasteiger partial charge in [-0.1, -0.05) is 30.3 Å². The van der Waals surface area contributed by atoms with Gasteiger partial charge in [0, 0.05) is 44.5 Å². The number of carbonyl (C=O) groups excluding carboxylic acids is 2. The fourth-order valence-electron chi connectivity index (χ4n) is 5.71. The van der Waals surface area contributed by atoms with E-state index in [9.17, 15) is 9.59 Å². The molecule has 13 nitrogen and oxygen atoms in total. The van der Waals surface area contributed by atoms with Crippen molar-refractivity contribution in [3.63, 3.8) is 0 Å². The number of nitrogens with one attached hydrogen (secondary N) is 2. The number of esters is 1. The quantitative estimate of drug-likeness (QED) is 0.167. The third-order valence-electron chi connectivity index (χ3n) is 8.43. The Bertz CT molecular complexity index is 1170. The standard InChI is InChI=1S/C34H55N2O11Si/c1-9-41-48(42-10-2)21-19-36-31(38)35-18-16-33(5,6)40-20-17-32(3,4)30(37)39-22-24-25-26(27-29(44-25)47-34(7,8)46-27)45-28(43-24)23-14-12-11-13-15-23/h11-15,24-29H,9-10,16-22H2,1-8H3,(H2,35,36,38)/t24?,25-,26?,27?,28?,29-/m1/s1. The molecule has 6 atom stereocenters. The fourth-order valence-corrected chi connectivity index (χ4v) is 7.05. The van der Waals surface area contributed by atoms with E-state index in [0.29, 0.717) is 51.8 Å². The van der Waals surface area contributed by atoms with Gasteiger partial charge in [-0.3, -0.25) is 4.79 Å². The first-order valence-corrected chi connectivity index (χ1v) is 18.6. The third kappa shape index (κ3) is 10.9. The van der Waals surface area contributed by atoms with E-state index in [1.807, 2.05) is 85.7 Å². The van der Waals surface area contributed by atoms with Gasteiger partial charge in [0.15, 0.2) is 18.4 Å². The Labute approximate surface area is 286 Å². The Balaban J connectivity index is 1.20. The van der Waals surface area contributed by atoms with E-state index in [-0.39, 0.29) is 18.6 Å². The highest BCUT2D eigenvalue weighted by Crippen LogP contribution is 2.45. The van der Waals surface area contributed by atoms with Crippen LogP contribution in [-0.4, -0.2) is 103 Å². The van der Waals surface area contributed by atoms with Gasteiger partial charge in [0.05, 0.1) is 11.0 Å². The molecule has 3 fully saturated rings. The van der Waals surface area contributed by atoms with Crippen LogP contribution in [0.1, 0.15) is 80.1 Å².